The Labute approximate surface area is 198 Å². The SMILES string of the molecule is Br.O=S(=O)(c1ccc(-c2csc(Nc3ccc(I)cc3)n2)cc1)N1CCOCC1. The molecular formula is C19H19BrIN3O3S2. The highest BCUT2D eigenvalue weighted by atomic mass is 127. The number of thiazole rings is 1. The number of aromatic nitrogens is 1. The van der Waals surface area contributed by atoms with E-state index < -0.39 is 10.0 Å². The Morgan fingerprint density at radius 3 is 2.34 bits per heavy atom. The van der Waals surface area contributed by atoms with Crippen molar-refractivity contribution in [3.63, 3.8) is 0 Å². The van der Waals surface area contributed by atoms with Crippen LogP contribution < -0.4 is 5.32 Å². The van der Waals surface area contributed by atoms with E-state index >= 15 is 0 Å². The van der Waals surface area contributed by atoms with Crippen LogP contribution in [0, 0.1) is 3.57 Å². The zero-order valence-electron chi connectivity index (χ0n) is 15.2. The van der Waals surface area contributed by atoms with Crippen molar-refractivity contribution in [1.82, 2.24) is 9.29 Å². The molecule has 1 N–H and O–H groups in total. The summed E-state index contributed by atoms with van der Waals surface area (Å²) in [6, 6.07) is 15.0. The van der Waals surface area contributed by atoms with E-state index in [1.165, 1.54) is 19.2 Å². The van der Waals surface area contributed by atoms with Crippen molar-refractivity contribution in [3.05, 3.63) is 57.5 Å². The van der Waals surface area contributed by atoms with Gasteiger partial charge in [0.05, 0.1) is 23.8 Å². The van der Waals surface area contributed by atoms with Gasteiger partial charge in [0.1, 0.15) is 0 Å². The maximum Gasteiger partial charge on any atom is 0.243 e. The van der Waals surface area contributed by atoms with Crippen LogP contribution in [-0.2, 0) is 14.8 Å². The summed E-state index contributed by atoms with van der Waals surface area (Å²) < 4.78 is 33.3. The Morgan fingerprint density at radius 1 is 1.03 bits per heavy atom. The summed E-state index contributed by atoms with van der Waals surface area (Å²) in [5.74, 6) is 0. The molecule has 154 valence electrons. The fourth-order valence-electron chi connectivity index (χ4n) is 2.85. The van der Waals surface area contributed by atoms with E-state index in [1.54, 1.807) is 24.3 Å². The molecule has 0 unspecified atom stereocenters. The molecule has 2 aromatic carbocycles. The predicted molar refractivity (Wildman–Crippen MR) is 130 cm³/mol. The molecule has 1 aromatic heterocycles. The Kier molecular flexibility index (Phi) is 7.68. The molecule has 1 aliphatic rings. The number of hydrogen-bond donors (Lipinski definition) is 1. The van der Waals surface area contributed by atoms with E-state index in [-0.39, 0.29) is 17.0 Å². The second kappa shape index (κ2) is 9.84. The molecule has 0 bridgehead atoms. The van der Waals surface area contributed by atoms with E-state index in [4.69, 9.17) is 4.74 Å². The number of hydrogen-bond acceptors (Lipinski definition) is 6. The van der Waals surface area contributed by atoms with E-state index in [0.717, 1.165) is 22.1 Å². The number of nitrogens with zero attached hydrogens (tertiary/aromatic N) is 2. The highest BCUT2D eigenvalue weighted by Gasteiger charge is 2.26. The fourth-order valence-corrected chi connectivity index (χ4v) is 5.36. The second-order valence-corrected chi connectivity index (χ2v) is 10.3. The van der Waals surface area contributed by atoms with E-state index in [0.29, 0.717) is 31.2 Å². The Balaban J connectivity index is 0.00000240. The maximum atomic E-state index is 12.7. The summed E-state index contributed by atoms with van der Waals surface area (Å²) in [5, 5.41) is 6.04. The first-order valence-electron chi connectivity index (χ1n) is 8.69. The topological polar surface area (TPSA) is 71.5 Å². The van der Waals surface area contributed by atoms with Gasteiger partial charge in [-0.3, -0.25) is 0 Å². The van der Waals surface area contributed by atoms with Crippen LogP contribution >= 0.6 is 50.9 Å². The first kappa shape index (κ1) is 22.6. The number of morpholine rings is 1. The molecule has 0 saturated carbocycles. The minimum Gasteiger partial charge on any atom is -0.379 e. The summed E-state index contributed by atoms with van der Waals surface area (Å²) >= 11 is 3.78. The van der Waals surface area contributed by atoms with Crippen LogP contribution in [0.15, 0.2) is 58.8 Å². The number of halogens is 2. The lowest BCUT2D eigenvalue weighted by Crippen LogP contribution is -2.40. The summed E-state index contributed by atoms with van der Waals surface area (Å²) in [6.07, 6.45) is 0. The van der Waals surface area contributed by atoms with Crippen LogP contribution in [0.5, 0.6) is 0 Å². The third-order valence-electron chi connectivity index (χ3n) is 4.36. The van der Waals surface area contributed by atoms with Gasteiger partial charge in [-0.05, 0) is 59.0 Å². The minimum atomic E-state index is -3.48. The second-order valence-electron chi connectivity index (χ2n) is 6.21. The molecule has 4 rings (SSSR count). The van der Waals surface area contributed by atoms with Gasteiger partial charge in [-0.15, -0.1) is 28.3 Å². The van der Waals surface area contributed by atoms with Crippen molar-refractivity contribution in [2.24, 2.45) is 0 Å². The molecule has 1 fully saturated rings. The lowest BCUT2D eigenvalue weighted by Gasteiger charge is -2.26. The van der Waals surface area contributed by atoms with Crippen molar-refractivity contribution in [1.29, 1.82) is 0 Å². The molecule has 3 aromatic rings. The van der Waals surface area contributed by atoms with Crippen molar-refractivity contribution >= 4 is 71.8 Å². The molecule has 0 atom stereocenters. The quantitative estimate of drug-likeness (QED) is 0.424. The van der Waals surface area contributed by atoms with Crippen molar-refractivity contribution in [3.8, 4) is 11.3 Å². The van der Waals surface area contributed by atoms with Gasteiger partial charge in [-0.25, -0.2) is 13.4 Å². The highest BCUT2D eigenvalue weighted by molar-refractivity contribution is 14.1. The van der Waals surface area contributed by atoms with Gasteiger partial charge >= 0.3 is 0 Å². The molecule has 1 saturated heterocycles. The summed E-state index contributed by atoms with van der Waals surface area (Å²) in [7, 11) is -3.48. The van der Waals surface area contributed by atoms with Crippen molar-refractivity contribution in [2.45, 2.75) is 4.90 Å². The monoisotopic (exact) mass is 607 g/mol. The third kappa shape index (κ3) is 5.36. The molecule has 2 heterocycles. The van der Waals surface area contributed by atoms with Crippen LogP contribution in [0.2, 0.25) is 0 Å². The van der Waals surface area contributed by atoms with E-state index in [9.17, 15) is 8.42 Å². The van der Waals surface area contributed by atoms with Gasteiger partial charge in [0.25, 0.3) is 0 Å². The van der Waals surface area contributed by atoms with Crippen LogP contribution in [-0.4, -0.2) is 44.0 Å². The summed E-state index contributed by atoms with van der Waals surface area (Å²) in [4.78, 5) is 4.91. The standard InChI is InChI=1S/C19H18IN3O3S2.BrH/c20-15-3-5-16(6-4-15)21-19-22-18(13-27-19)14-1-7-17(8-2-14)28(24,25)23-9-11-26-12-10-23;/h1-8,13H,9-12H2,(H,21,22);1H. The molecule has 1 aliphatic heterocycles. The first-order chi connectivity index (χ1) is 13.5. The average Bonchev–Trinajstić information content (AvgIpc) is 3.19. The zero-order valence-corrected chi connectivity index (χ0v) is 20.8. The molecule has 0 amide bonds. The van der Waals surface area contributed by atoms with E-state index in [1.807, 2.05) is 29.6 Å². The van der Waals surface area contributed by atoms with Gasteiger partial charge in [0, 0.05) is 33.3 Å². The number of nitrogens with one attached hydrogen (secondary N) is 1. The third-order valence-corrected chi connectivity index (χ3v) is 7.75. The zero-order chi connectivity index (χ0) is 19.6. The number of anilines is 2. The molecule has 0 aliphatic carbocycles. The lowest BCUT2D eigenvalue weighted by atomic mass is 10.2. The minimum absolute atomic E-state index is 0. The average molecular weight is 608 g/mol. The fraction of sp³-hybridized carbons (Fsp3) is 0.211. The van der Waals surface area contributed by atoms with Crippen LogP contribution in [0.1, 0.15) is 0 Å². The van der Waals surface area contributed by atoms with Crippen LogP contribution in [0.25, 0.3) is 11.3 Å². The predicted octanol–water partition coefficient (Wildman–Crippen LogP) is 4.76. The highest BCUT2D eigenvalue weighted by Crippen LogP contribution is 2.28. The number of sulfonamides is 1. The molecule has 0 spiro atoms. The normalized spacial score (nSPS) is 14.9. The summed E-state index contributed by atoms with van der Waals surface area (Å²) in [5.41, 5.74) is 2.68. The number of ether oxygens (including phenoxy) is 1. The van der Waals surface area contributed by atoms with E-state index in [2.05, 4.69) is 32.9 Å². The maximum absolute atomic E-state index is 12.7. The first-order valence-corrected chi connectivity index (χ1v) is 12.1. The smallest absolute Gasteiger partial charge is 0.243 e. The van der Waals surface area contributed by atoms with Gasteiger partial charge in [-0.2, -0.15) is 4.31 Å². The molecule has 29 heavy (non-hydrogen) atoms. The Morgan fingerprint density at radius 2 is 1.69 bits per heavy atom. The van der Waals surface area contributed by atoms with Gasteiger partial charge < -0.3 is 10.1 Å². The van der Waals surface area contributed by atoms with Crippen LogP contribution in [0.3, 0.4) is 0 Å². The number of rotatable bonds is 5. The summed E-state index contributed by atoms with van der Waals surface area (Å²) in [6.45, 7) is 1.66. The largest absolute Gasteiger partial charge is 0.379 e. The van der Waals surface area contributed by atoms with Crippen LogP contribution in [0.4, 0.5) is 10.8 Å². The molecular weight excluding hydrogens is 589 g/mol. The number of benzene rings is 2. The lowest BCUT2D eigenvalue weighted by molar-refractivity contribution is 0.0730. The Hall–Kier alpha value is -1.05. The molecule has 6 nitrogen and oxygen atoms in total. The van der Waals surface area contributed by atoms with Crippen molar-refractivity contribution in [2.75, 3.05) is 31.6 Å². The van der Waals surface area contributed by atoms with Gasteiger partial charge in [0.15, 0.2) is 5.13 Å². The van der Waals surface area contributed by atoms with Gasteiger partial charge in [-0.1, -0.05) is 12.1 Å². The molecule has 0 radical (unpaired) electrons. The Bertz CT molecular complexity index is 1050. The molecule has 10 heteroatoms. The van der Waals surface area contributed by atoms with Crippen molar-refractivity contribution < 1.29 is 13.2 Å². The van der Waals surface area contributed by atoms with Gasteiger partial charge in [0.2, 0.25) is 10.0 Å².